The number of rotatable bonds is 1. The van der Waals surface area contributed by atoms with Crippen LogP contribution in [0.3, 0.4) is 0 Å². The summed E-state index contributed by atoms with van der Waals surface area (Å²) >= 11 is 0. The first-order chi connectivity index (χ1) is 15.8. The van der Waals surface area contributed by atoms with Gasteiger partial charge >= 0.3 is 0 Å². The molecule has 2 aliphatic rings. The average molecular weight is 409 g/mol. The van der Waals surface area contributed by atoms with Gasteiger partial charge in [-0.15, -0.1) is 0 Å². The summed E-state index contributed by atoms with van der Waals surface area (Å²) in [5.41, 5.74) is 12.8. The fourth-order valence-corrected chi connectivity index (χ4v) is 5.96. The molecule has 32 heavy (non-hydrogen) atoms. The van der Waals surface area contributed by atoms with Gasteiger partial charge in [0.2, 0.25) is 0 Å². The van der Waals surface area contributed by atoms with E-state index in [1.165, 1.54) is 50.1 Å². The van der Waals surface area contributed by atoms with Crippen molar-refractivity contribution in [2.24, 2.45) is 0 Å². The number of benzene rings is 4. The molecule has 5 aromatic rings. The van der Waals surface area contributed by atoms with Gasteiger partial charge in [-0.3, -0.25) is 0 Å². The zero-order valence-corrected chi connectivity index (χ0v) is 17.7. The van der Waals surface area contributed by atoms with Gasteiger partial charge in [0.25, 0.3) is 0 Å². The van der Waals surface area contributed by atoms with Crippen molar-refractivity contribution in [1.82, 2.24) is 9.97 Å². The second kappa shape index (κ2) is 6.24. The lowest BCUT2D eigenvalue weighted by atomic mass is 9.70. The highest BCUT2D eigenvalue weighted by Crippen LogP contribution is 2.63. The lowest BCUT2D eigenvalue weighted by molar-refractivity contribution is 0.793. The first-order valence-corrected chi connectivity index (χ1v) is 11.0. The molecule has 4 aromatic carbocycles. The predicted octanol–water partition coefficient (Wildman–Crippen LogP) is 6.80. The smallest absolute Gasteiger partial charge is 0.159 e. The van der Waals surface area contributed by atoms with E-state index in [9.17, 15) is 0 Å². The van der Waals surface area contributed by atoms with Crippen LogP contribution >= 0.6 is 0 Å². The van der Waals surface area contributed by atoms with Crippen molar-refractivity contribution < 1.29 is 0 Å². The molecule has 1 heterocycles. The molecule has 0 N–H and O–H groups in total. The van der Waals surface area contributed by atoms with E-state index in [2.05, 4.69) is 102 Å². The Balaban J connectivity index is 1.66. The molecule has 1 aromatic heterocycles. The van der Waals surface area contributed by atoms with Crippen LogP contribution in [0, 0.1) is 6.92 Å². The summed E-state index contributed by atoms with van der Waals surface area (Å²) in [4.78, 5) is 9.07. The number of nitrogens with zero attached hydrogens (tertiary/aromatic N) is 2. The number of fused-ring (bicyclic) bond motifs is 10. The standard InChI is InChI=1S/C30H20N2/c1-19-8-6-13-26-28(19)23-15-14-20(29-31-16-7-17-32-29)18-27(23)30(26)24-11-4-2-9-21(24)22-10-3-5-12-25(22)30/h2-18H,1H3. The maximum absolute atomic E-state index is 4.53. The van der Waals surface area contributed by atoms with Crippen LogP contribution in [0.1, 0.15) is 27.8 Å². The summed E-state index contributed by atoms with van der Waals surface area (Å²) < 4.78 is 0. The van der Waals surface area contributed by atoms with Crippen LogP contribution in [0.4, 0.5) is 0 Å². The molecule has 0 atom stereocenters. The largest absolute Gasteiger partial charge is 0.237 e. The van der Waals surface area contributed by atoms with E-state index in [4.69, 9.17) is 0 Å². The molecule has 0 amide bonds. The van der Waals surface area contributed by atoms with E-state index >= 15 is 0 Å². The van der Waals surface area contributed by atoms with Crippen LogP contribution in [0.15, 0.2) is 103 Å². The summed E-state index contributed by atoms with van der Waals surface area (Å²) in [6.45, 7) is 2.22. The first-order valence-electron chi connectivity index (χ1n) is 11.0. The summed E-state index contributed by atoms with van der Waals surface area (Å²) in [6.07, 6.45) is 3.62. The van der Waals surface area contributed by atoms with E-state index < -0.39 is 0 Å². The Bertz CT molecular complexity index is 1490. The lowest BCUT2D eigenvalue weighted by Crippen LogP contribution is -2.26. The van der Waals surface area contributed by atoms with Crippen molar-refractivity contribution >= 4 is 0 Å². The molecule has 150 valence electrons. The maximum atomic E-state index is 4.53. The molecule has 2 heteroatoms. The average Bonchev–Trinajstić information content (AvgIpc) is 3.32. The molecule has 7 rings (SSSR count). The minimum atomic E-state index is -0.325. The molecule has 0 aliphatic heterocycles. The Hall–Kier alpha value is -4.04. The van der Waals surface area contributed by atoms with Gasteiger partial charge in [0, 0.05) is 18.0 Å². The van der Waals surface area contributed by atoms with Crippen LogP contribution in [0.25, 0.3) is 33.6 Å². The van der Waals surface area contributed by atoms with Crippen LogP contribution in [0.5, 0.6) is 0 Å². The third-order valence-corrected chi connectivity index (χ3v) is 7.15. The van der Waals surface area contributed by atoms with Gasteiger partial charge in [-0.2, -0.15) is 0 Å². The summed E-state index contributed by atoms with van der Waals surface area (Å²) in [5, 5.41) is 0. The molecule has 0 saturated heterocycles. The maximum Gasteiger partial charge on any atom is 0.159 e. The van der Waals surface area contributed by atoms with Crippen LogP contribution < -0.4 is 0 Å². The Morgan fingerprint density at radius 1 is 0.562 bits per heavy atom. The van der Waals surface area contributed by atoms with Gasteiger partial charge in [-0.05, 0) is 69.1 Å². The Labute approximate surface area is 187 Å². The van der Waals surface area contributed by atoms with Gasteiger partial charge in [-0.25, -0.2) is 9.97 Å². The van der Waals surface area contributed by atoms with E-state index in [0.29, 0.717) is 0 Å². The fourth-order valence-electron chi connectivity index (χ4n) is 5.96. The summed E-state index contributed by atoms with van der Waals surface area (Å²) in [5.74, 6) is 0.762. The van der Waals surface area contributed by atoms with Crippen molar-refractivity contribution in [3.63, 3.8) is 0 Å². The molecule has 0 unspecified atom stereocenters. The van der Waals surface area contributed by atoms with E-state index in [1.807, 2.05) is 18.5 Å². The topological polar surface area (TPSA) is 25.8 Å². The quantitative estimate of drug-likeness (QED) is 0.299. The first kappa shape index (κ1) is 17.6. The number of hydrogen-bond acceptors (Lipinski definition) is 2. The minimum Gasteiger partial charge on any atom is -0.237 e. The molecule has 1 spiro atoms. The predicted molar refractivity (Wildman–Crippen MR) is 129 cm³/mol. The van der Waals surface area contributed by atoms with Crippen molar-refractivity contribution in [2.75, 3.05) is 0 Å². The van der Waals surface area contributed by atoms with Gasteiger partial charge in [0.15, 0.2) is 5.82 Å². The molecule has 0 bridgehead atoms. The number of aryl methyl sites for hydroxylation is 1. The highest BCUT2D eigenvalue weighted by Gasteiger charge is 2.51. The Morgan fingerprint density at radius 3 is 1.94 bits per heavy atom. The highest BCUT2D eigenvalue weighted by atomic mass is 14.8. The van der Waals surface area contributed by atoms with Crippen molar-refractivity contribution in [3.8, 4) is 33.6 Å². The molecule has 0 radical (unpaired) electrons. The van der Waals surface area contributed by atoms with Gasteiger partial charge < -0.3 is 0 Å². The summed E-state index contributed by atoms with van der Waals surface area (Å²) in [6, 6.07) is 33.1. The zero-order valence-electron chi connectivity index (χ0n) is 17.7. The zero-order chi connectivity index (χ0) is 21.3. The molecule has 2 nitrogen and oxygen atoms in total. The Morgan fingerprint density at radius 2 is 1.22 bits per heavy atom. The molecule has 2 aliphatic carbocycles. The van der Waals surface area contributed by atoms with Crippen LogP contribution in [-0.2, 0) is 5.41 Å². The van der Waals surface area contributed by atoms with E-state index in [0.717, 1.165) is 11.4 Å². The van der Waals surface area contributed by atoms with E-state index in [-0.39, 0.29) is 5.41 Å². The van der Waals surface area contributed by atoms with Gasteiger partial charge in [-0.1, -0.05) is 78.9 Å². The van der Waals surface area contributed by atoms with E-state index in [1.54, 1.807) is 0 Å². The van der Waals surface area contributed by atoms with Crippen LogP contribution in [-0.4, -0.2) is 9.97 Å². The fraction of sp³-hybridized carbons (Fsp3) is 0.0667. The minimum absolute atomic E-state index is 0.325. The summed E-state index contributed by atoms with van der Waals surface area (Å²) in [7, 11) is 0. The van der Waals surface area contributed by atoms with Gasteiger partial charge in [0.05, 0.1) is 5.41 Å². The number of aromatic nitrogens is 2. The number of hydrogen-bond donors (Lipinski definition) is 0. The highest BCUT2D eigenvalue weighted by molar-refractivity contribution is 5.96. The van der Waals surface area contributed by atoms with Crippen molar-refractivity contribution in [2.45, 2.75) is 12.3 Å². The molecular weight excluding hydrogens is 388 g/mol. The normalized spacial score (nSPS) is 14.0. The van der Waals surface area contributed by atoms with Crippen LogP contribution in [0.2, 0.25) is 0 Å². The monoisotopic (exact) mass is 408 g/mol. The SMILES string of the molecule is Cc1cccc2c1-c1ccc(-c3ncccn3)cc1C21c2ccccc2-c2ccccc21. The second-order valence-corrected chi connectivity index (χ2v) is 8.67. The second-order valence-electron chi connectivity index (χ2n) is 8.67. The lowest BCUT2D eigenvalue weighted by Gasteiger charge is -2.30. The van der Waals surface area contributed by atoms with Gasteiger partial charge in [0.1, 0.15) is 0 Å². The third-order valence-electron chi connectivity index (χ3n) is 7.15. The van der Waals surface area contributed by atoms with Crippen molar-refractivity contribution in [1.29, 1.82) is 0 Å². The van der Waals surface area contributed by atoms with Crippen molar-refractivity contribution in [3.05, 3.63) is 131 Å². The molecule has 0 fully saturated rings. The molecular formula is C30H20N2. The third kappa shape index (κ3) is 2.04. The molecule has 0 saturated carbocycles. The Kier molecular flexibility index (Phi) is 3.44.